The zero-order chi connectivity index (χ0) is 47.8. The van der Waals surface area contributed by atoms with Gasteiger partial charge < -0.3 is 19.8 Å². The number of unbranched alkanes of at least 4 members (excludes halogenated alkanes) is 5. The number of amides is 1. The number of carbonyl (C=O) groups is 1. The Bertz CT molecular complexity index is 1560. The number of rotatable bonds is 42. The topological polar surface area (TPSA) is 105 Å². The monoisotopic (exact) mass is 920 g/mol. The molecule has 0 heterocycles. The first-order valence-electron chi connectivity index (χ1n) is 24.7. The molecule has 0 radical (unpaired) electrons. The van der Waals surface area contributed by atoms with Crippen LogP contribution in [0.5, 0.6) is 0 Å². The summed E-state index contributed by atoms with van der Waals surface area (Å²) in [4.78, 5) is 22.9. The van der Waals surface area contributed by atoms with Crippen molar-refractivity contribution in [2.75, 3.05) is 40.9 Å². The van der Waals surface area contributed by atoms with E-state index in [0.717, 1.165) is 116 Å². The summed E-state index contributed by atoms with van der Waals surface area (Å²) in [5.74, 6) is -0.204. The van der Waals surface area contributed by atoms with Gasteiger partial charge in [0.2, 0.25) is 5.91 Å². The molecule has 0 aromatic rings. The van der Waals surface area contributed by atoms with E-state index in [0.29, 0.717) is 30.3 Å². The van der Waals surface area contributed by atoms with Crippen LogP contribution in [0.1, 0.15) is 149 Å². The van der Waals surface area contributed by atoms with Crippen molar-refractivity contribution in [1.82, 2.24) is 5.32 Å². The largest absolute Gasteiger partial charge is 0.472 e. The SMILES string of the molecule is CC/C=C\C/C=C\C/C=C\C/C=C\C/C=C\C/C=C\C/C=C\C/C=C\C/C=C\C/C=C\C/C=C\C/C=C\CCCCC(=O)NC(COP(=O)(O)OCC[N+](C)(C)C)C(O)CCCCCC. The Morgan fingerprint density at radius 1 is 0.538 bits per heavy atom. The number of nitrogens with zero attached hydrogens (tertiary/aromatic N) is 1. The van der Waals surface area contributed by atoms with Crippen LogP contribution in [-0.4, -0.2) is 73.4 Å². The minimum absolute atomic E-state index is 0.0563. The Balaban J connectivity index is 4.06. The molecule has 8 nitrogen and oxygen atoms in total. The van der Waals surface area contributed by atoms with Crippen molar-refractivity contribution in [2.45, 2.75) is 161 Å². The van der Waals surface area contributed by atoms with Crippen LogP contribution in [0.2, 0.25) is 0 Å². The number of quaternary nitrogens is 1. The quantitative estimate of drug-likeness (QED) is 0.0244. The Kier molecular flexibility index (Phi) is 43.0. The number of carbonyl (C=O) groups excluding carboxylic acids is 1. The Hall–Kier alpha value is -3.62. The third-order valence-electron chi connectivity index (χ3n) is 9.85. The first-order valence-corrected chi connectivity index (χ1v) is 26.2. The predicted molar refractivity (Wildman–Crippen MR) is 281 cm³/mol. The molecule has 0 aromatic heterocycles. The maximum Gasteiger partial charge on any atom is 0.472 e. The highest BCUT2D eigenvalue weighted by molar-refractivity contribution is 7.47. The van der Waals surface area contributed by atoms with Crippen LogP contribution in [0.15, 0.2) is 146 Å². The van der Waals surface area contributed by atoms with Gasteiger partial charge in [-0.1, -0.05) is 185 Å². The van der Waals surface area contributed by atoms with Gasteiger partial charge in [-0.25, -0.2) is 4.57 Å². The molecule has 0 saturated carbocycles. The molecule has 0 fully saturated rings. The highest BCUT2D eigenvalue weighted by atomic mass is 31.2. The lowest BCUT2D eigenvalue weighted by Gasteiger charge is -2.26. The van der Waals surface area contributed by atoms with E-state index in [4.69, 9.17) is 9.05 Å². The number of allylic oxidation sites excluding steroid dienone is 24. The molecule has 0 aliphatic heterocycles. The number of phosphoric ester groups is 1. The third kappa shape index (κ3) is 48.1. The Morgan fingerprint density at radius 2 is 0.923 bits per heavy atom. The van der Waals surface area contributed by atoms with Crippen LogP contribution in [0, 0.1) is 0 Å². The molecule has 3 N–H and O–H groups in total. The van der Waals surface area contributed by atoms with Gasteiger partial charge in [-0.3, -0.25) is 13.8 Å². The minimum Gasteiger partial charge on any atom is -0.391 e. The van der Waals surface area contributed by atoms with Gasteiger partial charge in [0.25, 0.3) is 0 Å². The summed E-state index contributed by atoms with van der Waals surface area (Å²) in [6.07, 6.45) is 71.1. The van der Waals surface area contributed by atoms with E-state index in [-0.39, 0.29) is 19.1 Å². The van der Waals surface area contributed by atoms with Crippen molar-refractivity contribution in [3.8, 4) is 0 Å². The van der Waals surface area contributed by atoms with Crippen molar-refractivity contribution in [3.05, 3.63) is 146 Å². The summed E-state index contributed by atoms with van der Waals surface area (Å²) in [5, 5.41) is 13.6. The highest BCUT2D eigenvalue weighted by Crippen LogP contribution is 2.43. The average molecular weight is 920 g/mol. The normalized spacial score (nSPS) is 15.4. The molecule has 0 aliphatic carbocycles. The lowest BCUT2D eigenvalue weighted by atomic mass is 10.0. The standard InChI is InChI=1S/C56H91N2O6P/c1-6-8-10-12-13-14-15-16-17-18-19-20-21-22-23-24-25-26-27-28-29-30-31-32-33-34-35-36-37-38-39-40-41-42-43-44-45-46-48-50-56(60)57-54(55(59)49-47-11-9-7-2)53-64-65(61,62)63-52-51-58(3,4)5/h8,10,13-14,16-17,19-20,22-23,25-26,28-29,31-32,34-35,37-38,40-41,43-44,54-55,59H,6-7,9,11-12,15,18,21,24,27,30,33,36,39,42,45-53H2,1-5H3,(H-,57,60,61,62)/p+1/b10-8-,14-13-,17-16-,20-19-,23-22-,26-25-,29-28-,32-31-,35-34-,38-37-,41-40-,44-43-. The van der Waals surface area contributed by atoms with Gasteiger partial charge in [-0.05, 0) is 103 Å². The number of nitrogens with one attached hydrogen (secondary N) is 1. The first-order chi connectivity index (χ1) is 31.5. The second-order valence-electron chi connectivity index (χ2n) is 17.1. The van der Waals surface area contributed by atoms with E-state index >= 15 is 0 Å². The first kappa shape index (κ1) is 61.4. The van der Waals surface area contributed by atoms with Gasteiger partial charge >= 0.3 is 7.82 Å². The molecule has 0 aromatic carbocycles. The van der Waals surface area contributed by atoms with E-state index < -0.39 is 20.0 Å². The van der Waals surface area contributed by atoms with Gasteiger partial charge in [-0.15, -0.1) is 0 Å². The highest BCUT2D eigenvalue weighted by Gasteiger charge is 2.28. The number of aliphatic hydroxyl groups is 1. The van der Waals surface area contributed by atoms with Gasteiger partial charge in [0.1, 0.15) is 13.2 Å². The predicted octanol–water partition coefficient (Wildman–Crippen LogP) is 14.6. The smallest absolute Gasteiger partial charge is 0.391 e. The summed E-state index contributed by atoms with van der Waals surface area (Å²) in [5.41, 5.74) is 0. The van der Waals surface area contributed by atoms with Crippen LogP contribution in [0.4, 0.5) is 0 Å². The number of aliphatic hydroxyl groups excluding tert-OH is 1. The van der Waals surface area contributed by atoms with E-state index in [2.05, 4.69) is 165 Å². The number of likely N-dealkylation sites (N-methyl/N-ethyl adjacent to an activating group) is 1. The van der Waals surface area contributed by atoms with Gasteiger partial charge in [0, 0.05) is 6.42 Å². The Morgan fingerprint density at radius 3 is 1.29 bits per heavy atom. The maximum atomic E-state index is 12.7. The van der Waals surface area contributed by atoms with Crippen molar-refractivity contribution in [2.24, 2.45) is 0 Å². The molecule has 366 valence electrons. The van der Waals surface area contributed by atoms with Crippen LogP contribution >= 0.6 is 7.82 Å². The lowest BCUT2D eigenvalue weighted by molar-refractivity contribution is -0.870. The molecule has 1 amide bonds. The molecule has 0 spiro atoms. The van der Waals surface area contributed by atoms with E-state index in [9.17, 15) is 19.4 Å². The van der Waals surface area contributed by atoms with E-state index in [1.165, 1.54) is 0 Å². The van der Waals surface area contributed by atoms with Crippen LogP contribution < -0.4 is 5.32 Å². The molecule has 3 atom stereocenters. The van der Waals surface area contributed by atoms with Gasteiger partial charge in [0.15, 0.2) is 0 Å². The lowest BCUT2D eigenvalue weighted by Crippen LogP contribution is -2.46. The minimum atomic E-state index is -4.32. The van der Waals surface area contributed by atoms with Crippen LogP contribution in [0.25, 0.3) is 0 Å². The molecule has 9 heteroatoms. The fourth-order valence-corrected chi connectivity index (χ4v) is 6.70. The number of hydrogen-bond donors (Lipinski definition) is 3. The second kappa shape index (κ2) is 45.5. The van der Waals surface area contributed by atoms with Crippen molar-refractivity contribution in [3.63, 3.8) is 0 Å². The van der Waals surface area contributed by atoms with Gasteiger partial charge in [0.05, 0.1) is 39.9 Å². The zero-order valence-electron chi connectivity index (χ0n) is 41.4. The molecule has 0 aliphatic rings. The van der Waals surface area contributed by atoms with Crippen LogP contribution in [-0.2, 0) is 18.4 Å². The van der Waals surface area contributed by atoms with E-state index in [1.54, 1.807) is 0 Å². The average Bonchev–Trinajstić information content (AvgIpc) is 3.26. The van der Waals surface area contributed by atoms with Crippen LogP contribution in [0.3, 0.4) is 0 Å². The van der Waals surface area contributed by atoms with Crippen molar-refractivity contribution < 1.29 is 32.9 Å². The fourth-order valence-electron chi connectivity index (χ4n) is 5.96. The molecule has 65 heavy (non-hydrogen) atoms. The van der Waals surface area contributed by atoms with Crippen molar-refractivity contribution in [1.29, 1.82) is 0 Å². The molecule has 0 rings (SSSR count). The molecular weight excluding hydrogens is 828 g/mol. The summed E-state index contributed by atoms with van der Waals surface area (Å²) in [7, 11) is 1.55. The fraction of sp³-hybridized carbons (Fsp3) is 0.554. The molecule has 0 bridgehead atoms. The zero-order valence-corrected chi connectivity index (χ0v) is 42.3. The Labute approximate surface area is 398 Å². The molecule has 0 saturated heterocycles. The summed E-state index contributed by atoms with van der Waals surface area (Å²) >= 11 is 0. The second-order valence-corrected chi connectivity index (χ2v) is 18.6. The number of phosphoric acid groups is 1. The van der Waals surface area contributed by atoms with Gasteiger partial charge in [-0.2, -0.15) is 0 Å². The molecule has 3 unspecified atom stereocenters. The maximum absolute atomic E-state index is 12.7. The summed E-state index contributed by atoms with van der Waals surface area (Å²) < 4.78 is 23.3. The summed E-state index contributed by atoms with van der Waals surface area (Å²) in [6.45, 7) is 4.57. The molecular formula is C56H92N2O6P+. The van der Waals surface area contributed by atoms with E-state index in [1.807, 2.05) is 21.1 Å². The summed E-state index contributed by atoms with van der Waals surface area (Å²) in [6, 6.07) is -0.790. The number of hydrogen-bond acceptors (Lipinski definition) is 5. The third-order valence-corrected chi connectivity index (χ3v) is 10.8. The van der Waals surface area contributed by atoms with Crippen molar-refractivity contribution >= 4 is 13.7 Å².